The van der Waals surface area contributed by atoms with E-state index >= 15 is 0 Å². The number of nitro groups is 2. The molecule has 49 nitrogen and oxygen atoms in total. The van der Waals surface area contributed by atoms with Gasteiger partial charge in [-0.2, -0.15) is 33.9 Å². The van der Waals surface area contributed by atoms with E-state index in [1.54, 1.807) is 93.9 Å². The zero-order valence-electron chi connectivity index (χ0n) is 81.2. The summed E-state index contributed by atoms with van der Waals surface area (Å²) in [5, 5.41) is 73.9. The average molecular weight is 2110 g/mol. The van der Waals surface area contributed by atoms with Crippen molar-refractivity contribution >= 4 is 144 Å². The zero-order valence-corrected chi connectivity index (χ0v) is 89.1. The van der Waals surface area contributed by atoms with Crippen LogP contribution in [0.15, 0.2) is 113 Å². The first kappa shape index (κ1) is 146. The van der Waals surface area contributed by atoms with Crippen molar-refractivity contribution in [2.24, 2.45) is 51.9 Å². The van der Waals surface area contributed by atoms with Gasteiger partial charge in [0.15, 0.2) is 5.78 Å². The smallest absolute Gasteiger partial charge is 0.870 e. The van der Waals surface area contributed by atoms with Gasteiger partial charge >= 0.3 is 123 Å². The van der Waals surface area contributed by atoms with Crippen LogP contribution in [0, 0.1) is 83.0 Å². The number of aliphatic imine (C=N–C) groups is 1. The number of ketones is 2. The number of carbonyl (C=O) groups excluding carboxylic acids is 10. The van der Waals surface area contributed by atoms with E-state index in [-0.39, 0.29) is 176 Å². The summed E-state index contributed by atoms with van der Waals surface area (Å²) in [7, 11) is 6.29. The Morgan fingerprint density at radius 1 is 0.533 bits per heavy atom. The number of benzene rings is 3. The van der Waals surface area contributed by atoms with Crippen molar-refractivity contribution < 1.29 is 214 Å². The van der Waals surface area contributed by atoms with Gasteiger partial charge in [0.2, 0.25) is 16.6 Å². The van der Waals surface area contributed by atoms with Crippen LogP contribution in [-0.2, 0) is 132 Å². The molecule has 8 aromatic rings. The summed E-state index contributed by atoms with van der Waals surface area (Å²) in [6, 6.07) is 25.8. The molecule has 5 aromatic heterocycles. The third kappa shape index (κ3) is 59.1. The second-order valence-electron chi connectivity index (χ2n) is 25.4. The fourth-order valence-corrected chi connectivity index (χ4v) is 9.29. The van der Waals surface area contributed by atoms with Crippen LogP contribution in [0.2, 0.25) is 0 Å². The number of Topliss-reactive ketones (excluding diaryl/α,β-unsaturated/α-hetero) is 1. The number of para-hydroxylation sites is 3. The van der Waals surface area contributed by atoms with Gasteiger partial charge in [-0.05, 0) is 194 Å². The molecule has 0 radical (unpaired) electrons. The monoisotopic (exact) mass is 2100 g/mol. The van der Waals surface area contributed by atoms with E-state index in [2.05, 4.69) is 75.4 Å². The molecule has 1 aliphatic heterocycles. The van der Waals surface area contributed by atoms with Crippen LogP contribution in [0.25, 0.3) is 0 Å². The van der Waals surface area contributed by atoms with E-state index in [9.17, 15) is 91.3 Å². The van der Waals surface area contributed by atoms with Crippen LogP contribution in [0.5, 0.6) is 0 Å². The number of carboxylic acids is 2. The number of alkyl halides is 1. The number of rotatable bonds is 20. The van der Waals surface area contributed by atoms with Gasteiger partial charge in [-0.25, -0.2) is 33.6 Å². The van der Waals surface area contributed by atoms with Gasteiger partial charge in [0, 0.05) is 78.4 Å². The predicted molar refractivity (Wildman–Crippen MR) is 494 cm³/mol. The average Bonchev–Trinajstić information content (AvgIpc) is 1.65. The molecule has 0 bridgehead atoms. The molecule has 0 saturated heterocycles. The molecule has 2 amide bonds. The third-order valence-electron chi connectivity index (χ3n) is 14.8. The molecule has 137 heavy (non-hydrogen) atoms. The van der Waals surface area contributed by atoms with E-state index in [0.717, 1.165) is 64.1 Å². The molecule has 756 valence electrons. The van der Waals surface area contributed by atoms with Gasteiger partial charge in [-0.3, -0.25) is 87.9 Å². The Labute approximate surface area is 860 Å². The second-order valence-corrected chi connectivity index (χ2v) is 27.6. The Kier molecular flexibility index (Phi) is 83.2. The van der Waals surface area contributed by atoms with Crippen molar-refractivity contribution in [1.82, 2.24) is 48.9 Å². The van der Waals surface area contributed by atoms with Crippen LogP contribution in [-0.4, -0.2) is 224 Å². The van der Waals surface area contributed by atoms with E-state index in [1.807, 2.05) is 95.3 Å². The first-order valence-corrected chi connectivity index (χ1v) is 40.4. The molecule has 15 N–H and O–H groups in total. The van der Waals surface area contributed by atoms with Gasteiger partial charge in [0.05, 0.1) is 97.9 Å². The Hall–Kier alpha value is -11.7. The summed E-state index contributed by atoms with van der Waals surface area (Å²) < 4.78 is 56.7. The quantitative estimate of drug-likeness (QED) is 0.00423. The number of aromatic carboxylic acids is 2. The van der Waals surface area contributed by atoms with Gasteiger partial charge in [-0.1, -0.05) is 54.6 Å². The van der Waals surface area contributed by atoms with Crippen molar-refractivity contribution in [3.8, 4) is 0 Å². The molecule has 0 spiro atoms. The number of hydrogen-bond acceptors (Lipinski definition) is 37. The number of carbonyl (C=O) groups is 12. The van der Waals surface area contributed by atoms with E-state index in [0.29, 0.717) is 59.9 Å². The Morgan fingerprint density at radius 2 is 0.869 bits per heavy atom. The predicted octanol–water partition coefficient (Wildman–Crippen LogP) is 1.14. The molecular formula is C82H120Cl2N19Na2O30PdS-. The van der Waals surface area contributed by atoms with Gasteiger partial charge in [0.1, 0.15) is 34.3 Å². The van der Waals surface area contributed by atoms with Crippen LogP contribution >= 0.6 is 23.2 Å². The first-order valence-electron chi connectivity index (χ1n) is 38.1. The number of ether oxygens (including phenoxy) is 5. The summed E-state index contributed by atoms with van der Waals surface area (Å²) >= 11 is 9.55. The van der Waals surface area contributed by atoms with Gasteiger partial charge in [0.25, 0.3) is 11.8 Å². The van der Waals surface area contributed by atoms with Crippen molar-refractivity contribution in [3.63, 3.8) is 0 Å². The van der Waals surface area contributed by atoms with E-state index < -0.39 is 84.2 Å². The number of aromatic nitrogens is 10. The maximum Gasteiger partial charge on any atom is 1.00 e. The van der Waals surface area contributed by atoms with Crippen LogP contribution in [0.3, 0.4) is 0 Å². The molecule has 0 aliphatic carbocycles. The maximum absolute atomic E-state index is 12.2. The molecule has 6 heterocycles. The van der Waals surface area contributed by atoms with Crippen molar-refractivity contribution in [2.45, 2.75) is 118 Å². The van der Waals surface area contributed by atoms with Crippen molar-refractivity contribution in [2.75, 3.05) is 81.8 Å². The van der Waals surface area contributed by atoms with Crippen LogP contribution in [0.4, 0.5) is 34.1 Å². The summed E-state index contributed by atoms with van der Waals surface area (Å²) in [5.74, 6) is 0.228. The number of hydrazine groups is 1. The number of esters is 5. The number of nitrogens with two attached hydrogens (primary N) is 4. The Morgan fingerprint density at radius 3 is 1.14 bits per heavy atom. The second kappa shape index (κ2) is 78.3. The van der Waals surface area contributed by atoms with E-state index in [4.69, 9.17) is 54.4 Å². The number of nitrogens with one attached hydrogen (secondary N) is 2. The number of carboxylic acid groups (broad SMARTS) is 2. The fourth-order valence-electron chi connectivity index (χ4n) is 9.16. The Balaban J connectivity index is -0.000000163. The summed E-state index contributed by atoms with van der Waals surface area (Å²) in [6.07, 6.45) is 2.47. The normalized spacial score (nSPS) is 9.82. The molecule has 9 rings (SSSR count). The molecule has 55 heteroatoms. The molecular weight excluding hydrogens is 1990 g/mol. The third-order valence-corrected chi connectivity index (χ3v) is 16.1. The number of amides is 2. The standard InChI is InChI=1S/C13H14N4O3.C13H16N4O.C8H12N2O2.C8H11NO2.C7H9N.C7H10O4.C6H7N3O4.C6H8N2O2.C6H10O4.C3H6O.C2H2Cl2O.C2H6O4S.CH3.H4N2.2Na.2H2O.Pd/c1-8-6-4-5-7-10(8)14-13(18)12-11(17(19)20)9(2)15-16(12)3;1-8-6-4-5-7-10(8)15-13(18)12-11(14)9(2)16-17(12)3;1-4-12-8(11)7-5-6(2)9-10(7)3;1-3-11-8(10)7-4-6(2)9-5-7;1-6-4-2-3-5-7(6)8;1-3-11-7(10)6(9)4-5(2)8;1-3-4(9(12)13)5(6(10)11)8(2)7-3;1-4-3-5(6(9)10)8(2)7-4;1-3-9-5(7)6(8)10-4-2;1-3(2)4;3-1-2(4)5;1-5-7(3,4)6-2;;1-2;;;;;/h4-7H,1-3H3,(H,14,18);4-7H,14H2,1-3H3,(H,15,18);5H,4H2,1-3H3;4H,3,5H2,1-2H3;2-5H,8H2,1H3;4,9H,3H2,1-2H3;1-2H3,(H,10,11);3H,1-2H3,(H,9,10);3-4H2,1-2H3;1-2H3;1H2;1-2H3;1H3;1-2H2;;;2*1H2;/q;;;;;;;;;;;;-1;;2*+1;;;/p-2/b;;;;;6-4-;;;;;;;;;;;;;. The minimum Gasteiger partial charge on any atom is -0.870 e. The van der Waals surface area contributed by atoms with Crippen molar-refractivity contribution in [3.05, 3.63) is 210 Å². The maximum atomic E-state index is 12.2. The number of halogens is 2. The van der Waals surface area contributed by atoms with Crippen LogP contribution in [0.1, 0.15) is 160 Å². The zero-order chi connectivity index (χ0) is 102. The molecule has 0 atom stereocenters. The molecule has 0 saturated carbocycles. The minimum atomic E-state index is -3.66. The SMILES string of the molecule is CC(C)=O.CCOC(=O)/C([O-])=C/C(C)=O.CCOC(=O)C(=O)OCC.CCOC(=O)C1=CC(C)=NC1.CCOC(=O)c1cc(C)nn1C.COS(=O)(=O)OC.Cc1cc(C(=O)O)n(C)n1.Cc1ccccc1N.Cc1ccccc1NC(=O)c1c(N)c(C)nn1C.Cc1ccccc1NC(=O)c1c([N+](=O)[O-])c(C)nn1C.Cc1nn(C)c(C(=O)O)c1[N+](=O)[O-].NN.O.O=C(Cl)CCl.[CH3-].[Na+].[Na+].[OH-].[Pd]. The molecule has 3 aromatic carbocycles. The summed E-state index contributed by atoms with van der Waals surface area (Å²) in [6.45, 7) is 30.4. The number of anilines is 4. The number of allylic oxidation sites excluding steroid dienone is 2. The largest absolute Gasteiger partial charge is 1.00 e. The minimum absolute atomic E-state index is 0. The number of nitrogens with zero attached hydrogens (tertiary/aromatic N) is 13. The van der Waals surface area contributed by atoms with E-state index in [1.165, 1.54) is 73.5 Å². The summed E-state index contributed by atoms with van der Waals surface area (Å²) in [4.78, 5) is 152. The first-order chi connectivity index (χ1) is 61.1. The van der Waals surface area contributed by atoms with Gasteiger partial charge < -0.3 is 84.3 Å². The molecule has 0 fully saturated rings. The van der Waals surface area contributed by atoms with Crippen molar-refractivity contribution in [1.29, 1.82) is 0 Å². The number of nitrogen functional groups attached to an aromatic ring is 2. The number of aryl methyl sites for hydroxylation is 13. The Bertz CT molecular complexity index is 5280. The fraction of sp³-hybridized carbons (Fsp3) is 0.378. The topological polar surface area (TPSA) is 744 Å². The molecule has 1 aliphatic rings. The van der Waals surface area contributed by atoms with Gasteiger partial charge in [-0.15, -0.1) is 11.6 Å². The summed E-state index contributed by atoms with van der Waals surface area (Å²) in [5.41, 5.74) is 21.1. The number of hydrogen-bond donors (Lipinski definition) is 8. The molecule has 0 unspecified atom stereocenters. The van der Waals surface area contributed by atoms with Crippen LogP contribution < -0.4 is 98.0 Å².